The molecule has 0 saturated heterocycles. The van der Waals surface area contributed by atoms with Gasteiger partial charge in [-0.25, -0.2) is 0 Å². The lowest BCUT2D eigenvalue weighted by Gasteiger charge is -2.18. The van der Waals surface area contributed by atoms with Crippen molar-refractivity contribution in [1.82, 2.24) is 0 Å². The van der Waals surface area contributed by atoms with E-state index in [9.17, 15) is 10.2 Å². The van der Waals surface area contributed by atoms with E-state index < -0.39 is 0 Å². The van der Waals surface area contributed by atoms with Crippen LogP contribution in [-0.2, 0) is 0 Å². The highest BCUT2D eigenvalue weighted by Crippen LogP contribution is 2.30. The van der Waals surface area contributed by atoms with Crippen LogP contribution >= 0.6 is 22.6 Å². The van der Waals surface area contributed by atoms with E-state index in [1.807, 2.05) is 26.0 Å². The van der Waals surface area contributed by atoms with Crippen LogP contribution in [0.3, 0.4) is 0 Å². The summed E-state index contributed by atoms with van der Waals surface area (Å²) in [7, 11) is 0. The quantitative estimate of drug-likeness (QED) is 0.712. The third-order valence-electron chi connectivity index (χ3n) is 3.04. The van der Waals surface area contributed by atoms with E-state index in [2.05, 4.69) is 34.0 Å². The number of benzene rings is 2. The van der Waals surface area contributed by atoms with Gasteiger partial charge in [0, 0.05) is 20.9 Å². The molecule has 0 fully saturated rings. The maximum Gasteiger partial charge on any atom is 0.124 e. The molecule has 3 nitrogen and oxygen atoms in total. The highest BCUT2D eigenvalue weighted by atomic mass is 127. The largest absolute Gasteiger partial charge is 0.508 e. The first-order chi connectivity index (χ1) is 8.97. The number of nitrogens with one attached hydrogen (secondary N) is 1. The molecule has 0 aromatic heterocycles. The number of halogens is 1. The zero-order valence-electron chi connectivity index (χ0n) is 10.8. The Morgan fingerprint density at radius 2 is 1.84 bits per heavy atom. The van der Waals surface area contributed by atoms with Crippen LogP contribution in [0.1, 0.15) is 24.1 Å². The van der Waals surface area contributed by atoms with Crippen molar-refractivity contribution in [2.24, 2.45) is 0 Å². The Hall–Kier alpha value is -1.43. The summed E-state index contributed by atoms with van der Waals surface area (Å²) in [5.74, 6) is 0.169. The van der Waals surface area contributed by atoms with E-state index in [1.165, 1.54) is 9.64 Å². The average molecular weight is 369 g/mol. The van der Waals surface area contributed by atoms with Crippen LogP contribution in [0.5, 0.6) is 11.5 Å². The van der Waals surface area contributed by atoms with Gasteiger partial charge < -0.3 is 15.5 Å². The molecule has 0 aliphatic carbocycles. The minimum Gasteiger partial charge on any atom is -0.508 e. The fourth-order valence-corrected chi connectivity index (χ4v) is 2.65. The Labute approximate surface area is 126 Å². The summed E-state index contributed by atoms with van der Waals surface area (Å²) in [6, 6.07) is 10.8. The monoisotopic (exact) mass is 369 g/mol. The first kappa shape index (κ1) is 14.0. The average Bonchev–Trinajstić information content (AvgIpc) is 2.32. The van der Waals surface area contributed by atoms with E-state index in [-0.39, 0.29) is 17.5 Å². The second kappa shape index (κ2) is 5.69. The molecule has 0 aliphatic rings. The van der Waals surface area contributed by atoms with Gasteiger partial charge in [0.25, 0.3) is 0 Å². The topological polar surface area (TPSA) is 52.5 Å². The number of aromatic hydroxyl groups is 2. The summed E-state index contributed by atoms with van der Waals surface area (Å²) in [5, 5.41) is 22.5. The third kappa shape index (κ3) is 3.32. The molecule has 19 heavy (non-hydrogen) atoms. The summed E-state index contributed by atoms with van der Waals surface area (Å²) in [5.41, 5.74) is 2.97. The van der Waals surface area contributed by atoms with Gasteiger partial charge in [-0.2, -0.15) is 0 Å². The second-order valence-corrected chi connectivity index (χ2v) is 5.81. The standard InChI is InChI=1S/C15H16INO2/c1-9-7-11(16)3-6-14(9)17-10(2)13-5-4-12(18)8-15(13)19/h3-8,10,17-19H,1-2H3. The Balaban J connectivity index is 2.23. The van der Waals surface area contributed by atoms with Gasteiger partial charge in [0.1, 0.15) is 11.5 Å². The summed E-state index contributed by atoms with van der Waals surface area (Å²) >= 11 is 2.28. The molecule has 0 bridgehead atoms. The van der Waals surface area contributed by atoms with Crippen molar-refractivity contribution >= 4 is 28.3 Å². The van der Waals surface area contributed by atoms with E-state index in [0.29, 0.717) is 0 Å². The van der Waals surface area contributed by atoms with Crippen LogP contribution in [0, 0.1) is 10.5 Å². The van der Waals surface area contributed by atoms with Crippen molar-refractivity contribution in [2.75, 3.05) is 5.32 Å². The molecule has 0 saturated carbocycles. The Morgan fingerprint density at radius 3 is 2.47 bits per heavy atom. The van der Waals surface area contributed by atoms with Gasteiger partial charge in [-0.3, -0.25) is 0 Å². The summed E-state index contributed by atoms with van der Waals surface area (Å²) < 4.78 is 1.20. The lowest BCUT2D eigenvalue weighted by atomic mass is 10.1. The fraction of sp³-hybridized carbons (Fsp3) is 0.200. The Kier molecular flexibility index (Phi) is 4.19. The molecule has 2 aromatic rings. The molecule has 0 amide bonds. The summed E-state index contributed by atoms with van der Waals surface area (Å²) in [6.45, 7) is 4.03. The van der Waals surface area contributed by atoms with Crippen molar-refractivity contribution < 1.29 is 10.2 Å². The zero-order valence-corrected chi connectivity index (χ0v) is 13.0. The highest BCUT2D eigenvalue weighted by molar-refractivity contribution is 14.1. The molecule has 0 spiro atoms. The second-order valence-electron chi connectivity index (χ2n) is 4.57. The molecule has 100 valence electrons. The van der Waals surface area contributed by atoms with E-state index in [4.69, 9.17) is 0 Å². The molecule has 2 rings (SSSR count). The predicted octanol–water partition coefficient (Wildman–Crippen LogP) is 4.18. The van der Waals surface area contributed by atoms with Crippen LogP contribution in [0.2, 0.25) is 0 Å². The van der Waals surface area contributed by atoms with Gasteiger partial charge in [-0.05, 0) is 72.3 Å². The SMILES string of the molecule is Cc1cc(I)ccc1NC(C)c1ccc(O)cc1O. The lowest BCUT2D eigenvalue weighted by Crippen LogP contribution is -2.08. The van der Waals surface area contributed by atoms with E-state index in [0.717, 1.165) is 16.8 Å². The number of hydrogen-bond acceptors (Lipinski definition) is 3. The van der Waals surface area contributed by atoms with Crippen LogP contribution in [0.25, 0.3) is 0 Å². The number of hydrogen-bond donors (Lipinski definition) is 3. The third-order valence-corrected chi connectivity index (χ3v) is 3.71. The number of anilines is 1. The molecule has 0 heterocycles. The number of phenols is 2. The molecule has 1 unspecified atom stereocenters. The molecule has 0 aliphatic heterocycles. The highest BCUT2D eigenvalue weighted by Gasteiger charge is 2.11. The number of rotatable bonds is 3. The predicted molar refractivity (Wildman–Crippen MR) is 85.7 cm³/mol. The van der Waals surface area contributed by atoms with E-state index >= 15 is 0 Å². The summed E-state index contributed by atoms with van der Waals surface area (Å²) in [4.78, 5) is 0. The Bertz CT molecular complexity index is 599. The fourth-order valence-electron chi connectivity index (χ4n) is 2.00. The maximum absolute atomic E-state index is 9.85. The van der Waals surface area contributed by atoms with Crippen molar-refractivity contribution in [1.29, 1.82) is 0 Å². The van der Waals surface area contributed by atoms with Crippen LogP contribution in [0.4, 0.5) is 5.69 Å². The van der Waals surface area contributed by atoms with Crippen molar-refractivity contribution in [3.8, 4) is 11.5 Å². The number of aryl methyl sites for hydroxylation is 1. The van der Waals surface area contributed by atoms with Gasteiger partial charge >= 0.3 is 0 Å². The first-order valence-corrected chi connectivity index (χ1v) is 7.10. The van der Waals surface area contributed by atoms with Crippen LogP contribution in [0.15, 0.2) is 36.4 Å². The minimum atomic E-state index is -0.0423. The molecule has 4 heteroatoms. The van der Waals surface area contributed by atoms with Crippen molar-refractivity contribution in [3.05, 3.63) is 51.1 Å². The molecule has 3 N–H and O–H groups in total. The molecule has 2 aromatic carbocycles. The lowest BCUT2D eigenvalue weighted by molar-refractivity contribution is 0.444. The van der Waals surface area contributed by atoms with Gasteiger partial charge in [0.05, 0.1) is 6.04 Å². The van der Waals surface area contributed by atoms with Crippen LogP contribution in [-0.4, -0.2) is 10.2 Å². The van der Waals surface area contributed by atoms with Crippen molar-refractivity contribution in [2.45, 2.75) is 19.9 Å². The molecule has 0 radical (unpaired) electrons. The van der Waals surface area contributed by atoms with Gasteiger partial charge in [0.2, 0.25) is 0 Å². The van der Waals surface area contributed by atoms with Crippen molar-refractivity contribution in [3.63, 3.8) is 0 Å². The van der Waals surface area contributed by atoms with Gasteiger partial charge in [-0.15, -0.1) is 0 Å². The normalized spacial score (nSPS) is 12.2. The van der Waals surface area contributed by atoms with E-state index in [1.54, 1.807) is 12.1 Å². The molecular weight excluding hydrogens is 353 g/mol. The smallest absolute Gasteiger partial charge is 0.124 e. The van der Waals surface area contributed by atoms with Crippen LogP contribution < -0.4 is 5.32 Å². The van der Waals surface area contributed by atoms with Gasteiger partial charge in [0.15, 0.2) is 0 Å². The molecule has 1 atom stereocenters. The zero-order chi connectivity index (χ0) is 14.0. The van der Waals surface area contributed by atoms with Gasteiger partial charge in [-0.1, -0.05) is 0 Å². The first-order valence-electron chi connectivity index (χ1n) is 6.02. The maximum atomic E-state index is 9.85. The summed E-state index contributed by atoms with van der Waals surface area (Å²) in [6.07, 6.45) is 0. The molecular formula is C15H16INO2. The number of phenolic OH excluding ortho intramolecular Hbond substituents is 2. The Morgan fingerprint density at radius 1 is 1.11 bits per heavy atom. The minimum absolute atomic E-state index is 0.0423.